The van der Waals surface area contributed by atoms with Crippen LogP contribution in [0.1, 0.15) is 5.56 Å². The van der Waals surface area contributed by atoms with Crippen LogP contribution in [0, 0.1) is 0 Å². The molecule has 8 heteroatoms. The molecule has 27 heavy (non-hydrogen) atoms. The summed E-state index contributed by atoms with van der Waals surface area (Å²) in [6, 6.07) is 13.9. The summed E-state index contributed by atoms with van der Waals surface area (Å²) in [5.74, 6) is 0.354. The van der Waals surface area contributed by atoms with Gasteiger partial charge >= 0.3 is 0 Å². The molecule has 0 aliphatic rings. The second kappa shape index (κ2) is 9.38. The Hall–Kier alpha value is -2.58. The first-order valence-electron chi connectivity index (χ1n) is 8.39. The Morgan fingerprint density at radius 2 is 1.70 bits per heavy atom. The fraction of sp³-hybridized carbons (Fsp3) is 0.316. The number of rotatable bonds is 9. The molecule has 0 fully saturated rings. The Morgan fingerprint density at radius 3 is 2.30 bits per heavy atom. The summed E-state index contributed by atoms with van der Waals surface area (Å²) in [4.78, 5) is 11.9. The molecule has 0 heterocycles. The van der Waals surface area contributed by atoms with E-state index < -0.39 is 10.0 Å². The summed E-state index contributed by atoms with van der Waals surface area (Å²) in [5.41, 5.74) is 0.988. The zero-order valence-electron chi connectivity index (χ0n) is 15.6. The first-order valence-corrected chi connectivity index (χ1v) is 9.83. The molecule has 7 nitrogen and oxygen atoms in total. The molecule has 0 saturated carbocycles. The minimum atomic E-state index is -3.90. The van der Waals surface area contributed by atoms with Crippen LogP contribution in [0.15, 0.2) is 53.4 Å². The molecule has 2 rings (SSSR count). The predicted molar refractivity (Wildman–Crippen MR) is 103 cm³/mol. The molecule has 146 valence electrons. The SMILES string of the molecule is CNC(=O)CN(CCc1ccccc1)S(=O)(=O)c1ccc(OC)c(OC)c1. The van der Waals surface area contributed by atoms with Crippen LogP contribution in [-0.4, -0.2) is 53.0 Å². The number of sulfonamides is 1. The molecule has 0 radical (unpaired) electrons. The number of carbonyl (C=O) groups excluding carboxylic acids is 1. The van der Waals surface area contributed by atoms with Crippen molar-refractivity contribution in [2.45, 2.75) is 11.3 Å². The van der Waals surface area contributed by atoms with Crippen LogP contribution in [0.4, 0.5) is 0 Å². The number of nitrogens with one attached hydrogen (secondary N) is 1. The van der Waals surface area contributed by atoms with Gasteiger partial charge < -0.3 is 14.8 Å². The third kappa shape index (κ3) is 5.21. The van der Waals surface area contributed by atoms with E-state index in [9.17, 15) is 13.2 Å². The maximum atomic E-state index is 13.1. The molecule has 0 saturated heterocycles. The van der Waals surface area contributed by atoms with Crippen molar-refractivity contribution in [3.05, 3.63) is 54.1 Å². The molecule has 2 aromatic carbocycles. The highest BCUT2D eigenvalue weighted by molar-refractivity contribution is 7.89. The van der Waals surface area contributed by atoms with Crippen LogP contribution in [0.2, 0.25) is 0 Å². The smallest absolute Gasteiger partial charge is 0.243 e. The number of nitrogens with zero attached hydrogens (tertiary/aromatic N) is 1. The van der Waals surface area contributed by atoms with Crippen LogP contribution in [-0.2, 0) is 21.2 Å². The van der Waals surface area contributed by atoms with Crippen molar-refractivity contribution in [1.82, 2.24) is 9.62 Å². The second-order valence-electron chi connectivity index (χ2n) is 5.76. The summed E-state index contributed by atoms with van der Waals surface area (Å²) in [5, 5.41) is 2.47. The minimum absolute atomic E-state index is 0.0390. The van der Waals surface area contributed by atoms with E-state index in [4.69, 9.17) is 9.47 Å². The van der Waals surface area contributed by atoms with Gasteiger partial charge in [-0.25, -0.2) is 8.42 Å². The maximum Gasteiger partial charge on any atom is 0.243 e. The molecule has 0 bridgehead atoms. The molecular formula is C19H24N2O5S. The standard InChI is InChI=1S/C19H24N2O5S/c1-20-19(22)14-21(12-11-15-7-5-4-6-8-15)27(23,24)16-9-10-17(25-2)18(13-16)26-3/h4-10,13H,11-12,14H2,1-3H3,(H,20,22). The second-order valence-corrected chi connectivity index (χ2v) is 7.70. The van der Waals surface area contributed by atoms with Crippen LogP contribution in [0.5, 0.6) is 11.5 Å². The van der Waals surface area contributed by atoms with Gasteiger partial charge in [0, 0.05) is 19.7 Å². The van der Waals surface area contributed by atoms with Crippen LogP contribution in [0.25, 0.3) is 0 Å². The van der Waals surface area contributed by atoms with Gasteiger partial charge in [-0.3, -0.25) is 4.79 Å². The summed E-state index contributed by atoms with van der Waals surface area (Å²) in [6.07, 6.45) is 0.490. The molecule has 0 aliphatic carbocycles. The topological polar surface area (TPSA) is 84.9 Å². The number of amides is 1. The number of hydrogen-bond acceptors (Lipinski definition) is 5. The number of methoxy groups -OCH3 is 2. The summed E-state index contributed by atoms with van der Waals surface area (Å²) in [7, 11) is 0.488. The van der Waals surface area contributed by atoms with Gasteiger partial charge in [-0.15, -0.1) is 0 Å². The quantitative estimate of drug-likeness (QED) is 0.702. The van der Waals surface area contributed by atoms with Gasteiger partial charge in [0.25, 0.3) is 0 Å². The highest BCUT2D eigenvalue weighted by Gasteiger charge is 2.27. The molecule has 2 aromatic rings. The monoisotopic (exact) mass is 392 g/mol. The van der Waals surface area contributed by atoms with E-state index in [2.05, 4.69) is 5.32 Å². The van der Waals surface area contributed by atoms with E-state index in [0.717, 1.165) is 5.56 Å². The number of carbonyl (C=O) groups is 1. The van der Waals surface area contributed by atoms with E-state index in [1.165, 1.54) is 43.8 Å². The first-order chi connectivity index (χ1) is 12.9. The lowest BCUT2D eigenvalue weighted by Crippen LogP contribution is -2.40. The van der Waals surface area contributed by atoms with Crippen molar-refractivity contribution in [2.75, 3.05) is 34.4 Å². The fourth-order valence-electron chi connectivity index (χ4n) is 2.55. The van der Waals surface area contributed by atoms with E-state index in [1.807, 2.05) is 30.3 Å². The van der Waals surface area contributed by atoms with Gasteiger partial charge in [0.2, 0.25) is 15.9 Å². The van der Waals surface area contributed by atoms with Crippen LogP contribution in [0.3, 0.4) is 0 Å². The van der Waals surface area contributed by atoms with E-state index in [1.54, 1.807) is 0 Å². The van der Waals surface area contributed by atoms with Gasteiger partial charge in [0.05, 0.1) is 25.7 Å². The van der Waals surface area contributed by atoms with Gasteiger partial charge in [-0.1, -0.05) is 30.3 Å². The zero-order chi connectivity index (χ0) is 19.9. The van der Waals surface area contributed by atoms with Crippen molar-refractivity contribution < 1.29 is 22.7 Å². The molecule has 0 spiro atoms. The average molecular weight is 392 g/mol. The average Bonchev–Trinajstić information content (AvgIpc) is 2.70. The number of likely N-dealkylation sites (N-methyl/N-ethyl adjacent to an activating group) is 1. The highest BCUT2D eigenvalue weighted by atomic mass is 32.2. The normalized spacial score (nSPS) is 11.3. The molecule has 0 aliphatic heterocycles. The van der Waals surface area contributed by atoms with Crippen molar-refractivity contribution in [2.24, 2.45) is 0 Å². The Labute approximate surface area is 160 Å². The fourth-order valence-corrected chi connectivity index (χ4v) is 3.96. The number of ether oxygens (including phenoxy) is 2. The summed E-state index contributed by atoms with van der Waals surface area (Å²) < 4.78 is 37.8. The van der Waals surface area contributed by atoms with E-state index >= 15 is 0 Å². The summed E-state index contributed by atoms with van der Waals surface area (Å²) >= 11 is 0. The summed E-state index contributed by atoms with van der Waals surface area (Å²) in [6.45, 7) is -0.0892. The Morgan fingerprint density at radius 1 is 1.04 bits per heavy atom. The van der Waals surface area contributed by atoms with Gasteiger partial charge in [0.1, 0.15) is 0 Å². The third-order valence-electron chi connectivity index (χ3n) is 4.08. The van der Waals surface area contributed by atoms with Gasteiger partial charge in [-0.05, 0) is 24.1 Å². The first kappa shape index (κ1) is 20.7. The lowest BCUT2D eigenvalue weighted by molar-refractivity contribution is -0.120. The van der Waals surface area contributed by atoms with Crippen molar-refractivity contribution in [3.63, 3.8) is 0 Å². The Bertz CT molecular complexity index is 869. The van der Waals surface area contributed by atoms with Crippen LogP contribution >= 0.6 is 0 Å². The lowest BCUT2D eigenvalue weighted by Gasteiger charge is -2.22. The maximum absolute atomic E-state index is 13.1. The molecule has 0 aromatic heterocycles. The molecular weight excluding hydrogens is 368 g/mol. The Balaban J connectivity index is 2.32. The van der Waals surface area contributed by atoms with Gasteiger partial charge in [0.15, 0.2) is 11.5 Å². The largest absolute Gasteiger partial charge is 0.493 e. The van der Waals surface area contributed by atoms with E-state index in [-0.39, 0.29) is 23.9 Å². The zero-order valence-corrected chi connectivity index (χ0v) is 16.5. The molecule has 1 N–H and O–H groups in total. The number of benzene rings is 2. The van der Waals surface area contributed by atoms with Crippen molar-refractivity contribution in [1.29, 1.82) is 0 Å². The lowest BCUT2D eigenvalue weighted by atomic mass is 10.1. The van der Waals surface area contributed by atoms with E-state index in [0.29, 0.717) is 17.9 Å². The van der Waals surface area contributed by atoms with Crippen LogP contribution < -0.4 is 14.8 Å². The van der Waals surface area contributed by atoms with Gasteiger partial charge in [-0.2, -0.15) is 4.31 Å². The molecule has 0 atom stereocenters. The molecule has 0 unspecified atom stereocenters. The molecule has 1 amide bonds. The third-order valence-corrected chi connectivity index (χ3v) is 5.93. The minimum Gasteiger partial charge on any atom is -0.493 e. The predicted octanol–water partition coefficient (Wildman–Crippen LogP) is 1.68. The van der Waals surface area contributed by atoms with Crippen molar-refractivity contribution in [3.8, 4) is 11.5 Å². The highest BCUT2D eigenvalue weighted by Crippen LogP contribution is 2.30. The Kier molecular flexibility index (Phi) is 7.20. The number of hydrogen-bond donors (Lipinski definition) is 1. The van der Waals surface area contributed by atoms with Crippen molar-refractivity contribution >= 4 is 15.9 Å².